The standard InChI is InChI=1S/C21H27N3O2/c1-14-10-15(2)24(5)21(26)19(14)20(25)23(4)13-18-11-16-8-6-7-9-17(16)12-22(18)3/h6-10,18H,11-13H2,1-5H3/t18-/m0/s1. The molecule has 2 aromatic rings. The number of aromatic nitrogens is 1. The summed E-state index contributed by atoms with van der Waals surface area (Å²) < 4.78 is 1.54. The summed E-state index contributed by atoms with van der Waals surface area (Å²) in [5.41, 5.74) is 4.35. The second-order valence-corrected chi connectivity index (χ2v) is 7.44. The molecule has 1 aliphatic heterocycles. The molecule has 26 heavy (non-hydrogen) atoms. The van der Waals surface area contributed by atoms with E-state index >= 15 is 0 Å². The summed E-state index contributed by atoms with van der Waals surface area (Å²) in [5, 5.41) is 0. The van der Waals surface area contributed by atoms with E-state index in [0.717, 1.165) is 24.2 Å². The van der Waals surface area contributed by atoms with Crippen LogP contribution in [0.3, 0.4) is 0 Å². The number of likely N-dealkylation sites (N-methyl/N-ethyl adjacent to an activating group) is 2. The number of aryl methyl sites for hydroxylation is 2. The summed E-state index contributed by atoms with van der Waals surface area (Å²) in [5.74, 6) is -0.199. The number of amides is 1. The number of carbonyl (C=O) groups excluding carboxylic acids is 1. The lowest BCUT2D eigenvalue weighted by Crippen LogP contribution is -2.47. The van der Waals surface area contributed by atoms with Gasteiger partial charge in [-0.05, 0) is 50.1 Å². The Morgan fingerprint density at radius 2 is 1.85 bits per heavy atom. The van der Waals surface area contributed by atoms with Crippen LogP contribution >= 0.6 is 0 Å². The van der Waals surface area contributed by atoms with Crippen LogP contribution in [0.5, 0.6) is 0 Å². The second-order valence-electron chi connectivity index (χ2n) is 7.44. The predicted octanol–water partition coefficient (Wildman–Crippen LogP) is 2.13. The first-order valence-electron chi connectivity index (χ1n) is 8.99. The summed E-state index contributed by atoms with van der Waals surface area (Å²) in [4.78, 5) is 29.5. The van der Waals surface area contributed by atoms with Crippen molar-refractivity contribution in [2.75, 3.05) is 20.6 Å². The van der Waals surface area contributed by atoms with Gasteiger partial charge in [0.1, 0.15) is 5.56 Å². The molecule has 138 valence electrons. The number of rotatable bonds is 3. The van der Waals surface area contributed by atoms with Gasteiger partial charge in [0.25, 0.3) is 11.5 Å². The van der Waals surface area contributed by atoms with Crippen LogP contribution in [0.4, 0.5) is 0 Å². The zero-order valence-electron chi connectivity index (χ0n) is 16.2. The number of benzene rings is 1. The van der Waals surface area contributed by atoms with Crippen molar-refractivity contribution in [1.29, 1.82) is 0 Å². The number of fused-ring (bicyclic) bond motifs is 1. The lowest BCUT2D eigenvalue weighted by atomic mass is 9.94. The summed E-state index contributed by atoms with van der Waals surface area (Å²) in [7, 11) is 5.59. The molecule has 5 heteroatoms. The Morgan fingerprint density at radius 3 is 2.54 bits per heavy atom. The first-order valence-corrected chi connectivity index (χ1v) is 8.99. The van der Waals surface area contributed by atoms with Gasteiger partial charge in [0.2, 0.25) is 0 Å². The van der Waals surface area contributed by atoms with Gasteiger partial charge in [-0.1, -0.05) is 24.3 Å². The Bertz CT molecular complexity index is 901. The van der Waals surface area contributed by atoms with E-state index in [4.69, 9.17) is 0 Å². The average molecular weight is 353 g/mol. The fourth-order valence-electron chi connectivity index (χ4n) is 3.75. The molecule has 0 bridgehead atoms. The highest BCUT2D eigenvalue weighted by molar-refractivity contribution is 5.95. The Morgan fingerprint density at radius 1 is 1.19 bits per heavy atom. The maximum atomic E-state index is 13.0. The second kappa shape index (κ2) is 7.08. The van der Waals surface area contributed by atoms with Crippen molar-refractivity contribution >= 4 is 5.91 Å². The highest BCUT2D eigenvalue weighted by Gasteiger charge is 2.27. The predicted molar refractivity (Wildman–Crippen MR) is 104 cm³/mol. The van der Waals surface area contributed by atoms with E-state index in [1.54, 1.807) is 19.0 Å². The zero-order valence-corrected chi connectivity index (χ0v) is 16.2. The number of pyridine rings is 1. The van der Waals surface area contributed by atoms with Crippen LogP contribution in [0, 0.1) is 13.8 Å². The van der Waals surface area contributed by atoms with Crippen LogP contribution in [0.15, 0.2) is 35.1 Å². The Hall–Kier alpha value is -2.40. The van der Waals surface area contributed by atoms with Gasteiger partial charge >= 0.3 is 0 Å². The third-order valence-electron chi connectivity index (χ3n) is 5.53. The van der Waals surface area contributed by atoms with Crippen LogP contribution in [0.1, 0.15) is 32.7 Å². The van der Waals surface area contributed by atoms with Crippen molar-refractivity contribution < 1.29 is 4.79 Å². The summed E-state index contributed by atoms with van der Waals surface area (Å²) in [6, 6.07) is 10.6. The molecule has 1 atom stereocenters. The third-order valence-corrected chi connectivity index (χ3v) is 5.53. The van der Waals surface area contributed by atoms with Gasteiger partial charge < -0.3 is 9.47 Å². The minimum absolute atomic E-state index is 0.199. The fraction of sp³-hybridized carbons (Fsp3) is 0.429. The molecular formula is C21H27N3O2. The van der Waals surface area contributed by atoms with Gasteiger partial charge in [0.15, 0.2) is 0 Å². The third kappa shape index (κ3) is 3.31. The summed E-state index contributed by atoms with van der Waals surface area (Å²) in [6.45, 7) is 5.19. The molecule has 0 N–H and O–H groups in total. The number of carbonyl (C=O) groups is 1. The molecule has 1 aromatic heterocycles. The highest BCUT2D eigenvalue weighted by atomic mass is 16.2. The molecule has 0 aliphatic carbocycles. The van der Waals surface area contributed by atoms with Crippen LogP contribution in [0.2, 0.25) is 0 Å². The molecule has 0 saturated heterocycles. The van der Waals surface area contributed by atoms with Crippen LogP contribution in [0.25, 0.3) is 0 Å². The molecule has 1 aliphatic rings. The first-order chi connectivity index (χ1) is 12.3. The molecule has 1 aromatic carbocycles. The fourth-order valence-corrected chi connectivity index (χ4v) is 3.75. The normalized spacial score (nSPS) is 17.0. The Kier molecular flexibility index (Phi) is 5.01. The molecule has 5 nitrogen and oxygen atoms in total. The lowest BCUT2D eigenvalue weighted by molar-refractivity contribution is 0.0730. The van der Waals surface area contributed by atoms with Crippen molar-refractivity contribution in [3.63, 3.8) is 0 Å². The zero-order chi connectivity index (χ0) is 19.0. The molecule has 0 radical (unpaired) electrons. The average Bonchev–Trinajstić information content (AvgIpc) is 2.60. The van der Waals surface area contributed by atoms with Crippen LogP contribution < -0.4 is 5.56 Å². The van der Waals surface area contributed by atoms with E-state index in [2.05, 4.69) is 36.2 Å². The van der Waals surface area contributed by atoms with E-state index < -0.39 is 0 Å². The van der Waals surface area contributed by atoms with Gasteiger partial charge in [0, 0.05) is 38.9 Å². The smallest absolute Gasteiger partial charge is 0.263 e. The van der Waals surface area contributed by atoms with Crippen molar-refractivity contribution in [1.82, 2.24) is 14.4 Å². The van der Waals surface area contributed by atoms with Gasteiger partial charge in [0.05, 0.1) is 0 Å². The molecule has 0 unspecified atom stereocenters. The first kappa shape index (κ1) is 18.4. The van der Waals surface area contributed by atoms with Crippen molar-refractivity contribution in [2.45, 2.75) is 32.9 Å². The van der Waals surface area contributed by atoms with Gasteiger partial charge in [-0.2, -0.15) is 0 Å². The number of hydrogen-bond acceptors (Lipinski definition) is 3. The van der Waals surface area contributed by atoms with Crippen LogP contribution in [-0.2, 0) is 20.0 Å². The molecule has 0 saturated carbocycles. The van der Waals surface area contributed by atoms with Gasteiger partial charge in [-0.3, -0.25) is 14.5 Å². The highest BCUT2D eigenvalue weighted by Crippen LogP contribution is 2.22. The summed E-state index contributed by atoms with van der Waals surface area (Å²) in [6.07, 6.45) is 0.912. The number of nitrogens with zero attached hydrogens (tertiary/aromatic N) is 3. The van der Waals surface area contributed by atoms with E-state index in [1.165, 1.54) is 15.7 Å². The van der Waals surface area contributed by atoms with E-state index in [1.807, 2.05) is 19.9 Å². The maximum Gasteiger partial charge on any atom is 0.263 e. The van der Waals surface area contributed by atoms with E-state index in [0.29, 0.717) is 6.54 Å². The summed E-state index contributed by atoms with van der Waals surface area (Å²) >= 11 is 0. The van der Waals surface area contributed by atoms with Crippen molar-refractivity contribution in [3.05, 3.63) is 68.6 Å². The van der Waals surface area contributed by atoms with Crippen LogP contribution in [-0.4, -0.2) is 47.0 Å². The minimum atomic E-state index is -0.221. The van der Waals surface area contributed by atoms with E-state index in [9.17, 15) is 9.59 Å². The van der Waals surface area contributed by atoms with Gasteiger partial charge in [-0.25, -0.2) is 0 Å². The SMILES string of the molecule is Cc1cc(C)n(C)c(=O)c1C(=O)N(C)C[C@@H]1Cc2ccccc2CN1C. The molecule has 0 spiro atoms. The molecule has 2 heterocycles. The lowest BCUT2D eigenvalue weighted by Gasteiger charge is -2.36. The maximum absolute atomic E-state index is 13.0. The minimum Gasteiger partial charge on any atom is -0.340 e. The molecular weight excluding hydrogens is 326 g/mol. The Balaban J connectivity index is 1.81. The molecule has 3 rings (SSSR count). The topological polar surface area (TPSA) is 45.6 Å². The monoisotopic (exact) mass is 353 g/mol. The molecule has 0 fully saturated rings. The number of hydrogen-bond donors (Lipinski definition) is 0. The Labute approximate surface area is 154 Å². The quantitative estimate of drug-likeness (QED) is 0.849. The van der Waals surface area contributed by atoms with Crippen molar-refractivity contribution in [3.8, 4) is 0 Å². The van der Waals surface area contributed by atoms with E-state index in [-0.39, 0.29) is 23.1 Å². The largest absolute Gasteiger partial charge is 0.340 e. The van der Waals surface area contributed by atoms with Crippen molar-refractivity contribution in [2.24, 2.45) is 7.05 Å². The molecule has 1 amide bonds. The van der Waals surface area contributed by atoms with Gasteiger partial charge in [-0.15, -0.1) is 0 Å².